The fourth-order valence-corrected chi connectivity index (χ4v) is 5.98. The number of benzene rings is 4. The Bertz CT molecular complexity index is 1680. The average molecular weight is 601 g/mol. The van der Waals surface area contributed by atoms with Crippen molar-refractivity contribution in [3.8, 4) is 0 Å². The minimum absolute atomic E-state index is 0.0689. The van der Waals surface area contributed by atoms with Crippen molar-refractivity contribution >= 4 is 17.8 Å². The molecule has 1 heterocycles. The van der Waals surface area contributed by atoms with Crippen LogP contribution < -0.4 is 0 Å². The minimum atomic E-state index is -0.405. The fraction of sp³-hybridized carbons (Fsp3) is 0.256. The lowest BCUT2D eigenvalue weighted by atomic mass is 9.83. The maximum atomic E-state index is 14.0. The van der Waals surface area contributed by atoms with Crippen molar-refractivity contribution in [1.82, 2.24) is 9.80 Å². The predicted octanol–water partition coefficient (Wildman–Crippen LogP) is 7.23. The van der Waals surface area contributed by atoms with Gasteiger partial charge >= 0.3 is 5.97 Å². The molecule has 0 saturated carbocycles. The van der Waals surface area contributed by atoms with Gasteiger partial charge < -0.3 is 14.5 Å². The SMILES string of the molecule is CCOC(=O)C1=C(C)N(Cc2cccc(C(=O)N(CCc3ccccc3)Cc3ccccc3)c2)C(=O)CC1c1cccc(C)c1. The van der Waals surface area contributed by atoms with E-state index in [9.17, 15) is 14.4 Å². The van der Waals surface area contributed by atoms with E-state index in [4.69, 9.17) is 4.74 Å². The molecule has 0 aromatic heterocycles. The first kappa shape index (κ1) is 31.5. The highest BCUT2D eigenvalue weighted by Crippen LogP contribution is 2.38. The molecule has 2 amide bonds. The van der Waals surface area contributed by atoms with Gasteiger partial charge in [-0.15, -0.1) is 0 Å². The van der Waals surface area contributed by atoms with Crippen molar-refractivity contribution in [3.63, 3.8) is 0 Å². The van der Waals surface area contributed by atoms with Gasteiger partial charge in [0.1, 0.15) is 0 Å². The van der Waals surface area contributed by atoms with E-state index in [0.717, 1.165) is 28.7 Å². The number of allylic oxidation sites excluding steroid dienone is 1. The minimum Gasteiger partial charge on any atom is -0.463 e. The molecule has 0 spiro atoms. The lowest BCUT2D eigenvalue weighted by Gasteiger charge is -2.34. The smallest absolute Gasteiger partial charge is 0.336 e. The van der Waals surface area contributed by atoms with Crippen LogP contribution in [0.5, 0.6) is 0 Å². The third-order valence-electron chi connectivity index (χ3n) is 8.29. The number of rotatable bonds is 11. The number of ether oxygens (including phenoxy) is 1. The second-order valence-electron chi connectivity index (χ2n) is 11.5. The summed E-state index contributed by atoms with van der Waals surface area (Å²) < 4.78 is 5.46. The highest BCUT2D eigenvalue weighted by Gasteiger charge is 2.37. The first-order valence-corrected chi connectivity index (χ1v) is 15.5. The van der Waals surface area contributed by atoms with Gasteiger partial charge in [-0.2, -0.15) is 0 Å². The normalized spacial score (nSPS) is 14.8. The Morgan fingerprint density at radius 2 is 1.49 bits per heavy atom. The van der Waals surface area contributed by atoms with Gasteiger partial charge in [0.25, 0.3) is 5.91 Å². The molecule has 6 nitrogen and oxygen atoms in total. The Labute approximate surface area is 265 Å². The zero-order chi connectivity index (χ0) is 31.8. The largest absolute Gasteiger partial charge is 0.463 e. The van der Waals surface area contributed by atoms with Crippen LogP contribution in [0, 0.1) is 6.92 Å². The summed E-state index contributed by atoms with van der Waals surface area (Å²) in [5.41, 5.74) is 6.68. The molecule has 1 unspecified atom stereocenters. The number of amides is 2. The molecule has 0 aliphatic carbocycles. The van der Waals surface area contributed by atoms with Crippen LogP contribution >= 0.6 is 0 Å². The summed E-state index contributed by atoms with van der Waals surface area (Å²) in [4.78, 5) is 44.4. The van der Waals surface area contributed by atoms with Crippen LogP contribution in [0.3, 0.4) is 0 Å². The highest BCUT2D eigenvalue weighted by molar-refractivity contribution is 5.96. The second-order valence-corrected chi connectivity index (χ2v) is 11.5. The number of carbonyl (C=O) groups excluding carboxylic acids is 3. The van der Waals surface area contributed by atoms with E-state index in [1.807, 2.05) is 116 Å². The summed E-state index contributed by atoms with van der Waals surface area (Å²) in [6, 6.07) is 35.5. The number of esters is 1. The molecule has 4 aromatic carbocycles. The maximum absolute atomic E-state index is 14.0. The van der Waals surface area contributed by atoms with E-state index in [0.29, 0.717) is 29.9 Å². The molecular weight excluding hydrogens is 560 g/mol. The Morgan fingerprint density at radius 3 is 2.18 bits per heavy atom. The Kier molecular flexibility index (Phi) is 10.3. The van der Waals surface area contributed by atoms with E-state index >= 15 is 0 Å². The van der Waals surface area contributed by atoms with E-state index in [1.54, 1.807) is 11.8 Å². The summed E-state index contributed by atoms with van der Waals surface area (Å²) in [6.07, 6.45) is 0.905. The van der Waals surface area contributed by atoms with Crippen LogP contribution in [0.2, 0.25) is 0 Å². The molecule has 5 rings (SSSR count). The van der Waals surface area contributed by atoms with Gasteiger partial charge in [0, 0.05) is 36.7 Å². The fourth-order valence-electron chi connectivity index (χ4n) is 5.98. The molecule has 0 N–H and O–H groups in total. The van der Waals surface area contributed by atoms with Gasteiger partial charge in [0.15, 0.2) is 0 Å². The first-order valence-electron chi connectivity index (χ1n) is 15.5. The molecule has 45 heavy (non-hydrogen) atoms. The molecule has 0 fully saturated rings. The third-order valence-corrected chi connectivity index (χ3v) is 8.29. The van der Waals surface area contributed by atoms with Crippen LogP contribution in [0.4, 0.5) is 0 Å². The standard InChI is InChI=1S/C39H40N2O4/c1-4-45-39(44)37-29(3)41(36(42)25-35(37)33-19-11-13-28(2)23-33)27-32-18-12-20-34(24-32)38(43)40(26-31-16-9-6-10-17-31)22-21-30-14-7-5-8-15-30/h5-20,23-24,35H,4,21-22,25-27H2,1-3H3. The molecule has 0 saturated heterocycles. The number of carbonyl (C=O) groups is 3. The molecule has 1 aliphatic heterocycles. The molecule has 230 valence electrons. The van der Waals surface area contributed by atoms with Gasteiger partial charge in [-0.1, -0.05) is 103 Å². The summed E-state index contributed by atoms with van der Waals surface area (Å²) >= 11 is 0. The molecule has 6 heteroatoms. The van der Waals surface area contributed by atoms with E-state index in [1.165, 1.54) is 5.56 Å². The van der Waals surface area contributed by atoms with Crippen molar-refractivity contribution in [2.45, 2.75) is 52.6 Å². The average Bonchev–Trinajstić information content (AvgIpc) is 3.05. The maximum Gasteiger partial charge on any atom is 0.336 e. The van der Waals surface area contributed by atoms with Gasteiger partial charge in [-0.25, -0.2) is 4.79 Å². The lowest BCUT2D eigenvalue weighted by Crippen LogP contribution is -2.38. The van der Waals surface area contributed by atoms with Crippen molar-refractivity contribution in [2.75, 3.05) is 13.2 Å². The van der Waals surface area contributed by atoms with Gasteiger partial charge in [-0.05, 0) is 61.6 Å². The monoisotopic (exact) mass is 600 g/mol. The molecule has 4 aromatic rings. The summed E-state index contributed by atoms with van der Waals surface area (Å²) in [5.74, 6) is -0.924. The molecule has 1 atom stereocenters. The number of hydrogen-bond donors (Lipinski definition) is 0. The molecular formula is C39H40N2O4. The van der Waals surface area contributed by atoms with Crippen LogP contribution in [0.15, 0.2) is 120 Å². The summed E-state index contributed by atoms with van der Waals surface area (Å²) in [7, 11) is 0. The second kappa shape index (κ2) is 14.7. The van der Waals surface area contributed by atoms with E-state index < -0.39 is 5.97 Å². The third kappa shape index (κ3) is 7.76. The number of nitrogens with zero attached hydrogens (tertiary/aromatic N) is 2. The summed E-state index contributed by atoms with van der Waals surface area (Å²) in [6.45, 7) is 7.15. The van der Waals surface area contributed by atoms with Crippen molar-refractivity contribution in [1.29, 1.82) is 0 Å². The van der Waals surface area contributed by atoms with E-state index in [-0.39, 0.29) is 37.3 Å². The van der Waals surface area contributed by atoms with Crippen LogP contribution in [0.1, 0.15) is 64.4 Å². The predicted molar refractivity (Wildman–Crippen MR) is 176 cm³/mol. The lowest BCUT2D eigenvalue weighted by molar-refractivity contribution is -0.140. The van der Waals surface area contributed by atoms with Crippen LogP contribution in [-0.2, 0) is 33.8 Å². The Hall–Kier alpha value is -4.97. The van der Waals surface area contributed by atoms with Crippen molar-refractivity contribution in [2.24, 2.45) is 0 Å². The van der Waals surface area contributed by atoms with Crippen LogP contribution in [-0.4, -0.2) is 40.7 Å². The van der Waals surface area contributed by atoms with Crippen molar-refractivity contribution in [3.05, 3.63) is 154 Å². The Morgan fingerprint density at radius 1 is 0.822 bits per heavy atom. The van der Waals surface area contributed by atoms with Crippen LogP contribution in [0.25, 0.3) is 0 Å². The quantitative estimate of drug-likeness (QED) is 0.170. The van der Waals surface area contributed by atoms with Crippen molar-refractivity contribution < 1.29 is 19.1 Å². The van der Waals surface area contributed by atoms with Gasteiger partial charge in [0.05, 0.1) is 18.7 Å². The van der Waals surface area contributed by atoms with Gasteiger partial charge in [-0.3, -0.25) is 9.59 Å². The molecule has 0 radical (unpaired) electrons. The topological polar surface area (TPSA) is 66.9 Å². The molecule has 0 bridgehead atoms. The molecule has 1 aliphatic rings. The summed E-state index contributed by atoms with van der Waals surface area (Å²) in [5, 5.41) is 0. The van der Waals surface area contributed by atoms with Gasteiger partial charge in [0.2, 0.25) is 5.91 Å². The number of hydrogen-bond acceptors (Lipinski definition) is 4. The number of aryl methyl sites for hydroxylation is 1. The van der Waals surface area contributed by atoms with E-state index in [2.05, 4.69) is 12.1 Å². The zero-order valence-electron chi connectivity index (χ0n) is 26.2. The highest BCUT2D eigenvalue weighted by atomic mass is 16.5. The first-order chi connectivity index (χ1) is 21.8. The Balaban J connectivity index is 1.41. The zero-order valence-corrected chi connectivity index (χ0v) is 26.2.